The molecule has 2 aromatic carbocycles. The highest BCUT2D eigenvalue weighted by Gasteiger charge is 2.13. The van der Waals surface area contributed by atoms with E-state index in [2.05, 4.69) is 20.6 Å². The highest BCUT2D eigenvalue weighted by Crippen LogP contribution is 2.31. The summed E-state index contributed by atoms with van der Waals surface area (Å²) < 4.78 is 10.6. The van der Waals surface area contributed by atoms with Crippen LogP contribution in [0.1, 0.15) is 12.0 Å². The second-order valence-corrected chi connectivity index (χ2v) is 7.78. The average Bonchev–Trinajstić information content (AvgIpc) is 2.85. The maximum atomic E-state index is 12.9. The second-order valence-electron chi connectivity index (χ2n) is 7.78. The quantitative estimate of drug-likeness (QED) is 0.363. The Bertz CT molecular complexity index is 1500. The number of nitrogens with zero attached hydrogens (tertiary/aromatic N) is 2. The maximum Gasteiger partial charge on any atom is 0.256 e. The summed E-state index contributed by atoms with van der Waals surface area (Å²) in [6.45, 7) is 1.89. The van der Waals surface area contributed by atoms with E-state index in [9.17, 15) is 9.59 Å². The Morgan fingerprint density at radius 2 is 1.86 bits per heavy atom. The van der Waals surface area contributed by atoms with Crippen molar-refractivity contribution in [3.8, 4) is 28.7 Å². The molecule has 0 radical (unpaired) electrons. The number of anilines is 3. The van der Waals surface area contributed by atoms with Gasteiger partial charge in [-0.1, -0.05) is 12.1 Å². The van der Waals surface area contributed by atoms with Crippen molar-refractivity contribution >= 4 is 34.0 Å². The molecule has 9 heteroatoms. The van der Waals surface area contributed by atoms with Gasteiger partial charge in [-0.2, -0.15) is 5.26 Å². The van der Waals surface area contributed by atoms with E-state index in [1.807, 2.05) is 25.1 Å². The molecule has 0 aliphatic carbocycles. The number of aryl methyl sites for hydroxylation is 1. The number of aromatic nitrogens is 2. The number of amides is 1. The van der Waals surface area contributed by atoms with Gasteiger partial charge in [-0.3, -0.25) is 9.59 Å². The van der Waals surface area contributed by atoms with E-state index < -0.39 is 5.91 Å². The van der Waals surface area contributed by atoms with Crippen molar-refractivity contribution in [1.29, 1.82) is 5.26 Å². The van der Waals surface area contributed by atoms with Gasteiger partial charge in [0.1, 0.15) is 23.7 Å². The van der Waals surface area contributed by atoms with Crippen molar-refractivity contribution in [2.24, 2.45) is 0 Å². The lowest BCUT2D eigenvalue weighted by Gasteiger charge is -2.15. The molecule has 0 saturated carbocycles. The minimum atomic E-state index is -0.404. The van der Waals surface area contributed by atoms with Gasteiger partial charge in [-0.15, -0.1) is 0 Å². The van der Waals surface area contributed by atoms with Gasteiger partial charge in [0.15, 0.2) is 0 Å². The van der Waals surface area contributed by atoms with E-state index in [1.54, 1.807) is 56.8 Å². The number of hydrogen-bond acceptors (Lipinski definition) is 7. The third-order valence-corrected chi connectivity index (χ3v) is 5.43. The molecule has 4 aromatic rings. The summed E-state index contributed by atoms with van der Waals surface area (Å²) >= 11 is 0. The summed E-state index contributed by atoms with van der Waals surface area (Å²) in [5.74, 6) is 1.23. The Labute approximate surface area is 201 Å². The molecule has 0 bridgehead atoms. The second kappa shape index (κ2) is 9.97. The fraction of sp³-hybridized carbons (Fsp3) is 0.154. The third kappa shape index (κ3) is 5.07. The lowest BCUT2D eigenvalue weighted by atomic mass is 10.0. The number of benzene rings is 2. The average molecular weight is 470 g/mol. The van der Waals surface area contributed by atoms with Crippen LogP contribution in [0.15, 0.2) is 59.5 Å². The minimum Gasteiger partial charge on any atom is -0.497 e. The number of rotatable bonds is 7. The van der Waals surface area contributed by atoms with E-state index in [0.717, 1.165) is 10.9 Å². The number of aromatic amines is 1. The SMILES string of the molecule is COc1cc(OC)cc(-c2cc3cnc(Nc4c(C)cccc4NC(=O)CC#N)cc3[nH]c2=O)c1. The molecule has 0 aliphatic rings. The van der Waals surface area contributed by atoms with Crippen molar-refractivity contribution in [2.75, 3.05) is 24.9 Å². The van der Waals surface area contributed by atoms with Gasteiger partial charge in [-0.25, -0.2) is 4.98 Å². The van der Waals surface area contributed by atoms with Crippen molar-refractivity contribution < 1.29 is 14.3 Å². The van der Waals surface area contributed by atoms with Gasteiger partial charge in [-0.05, 0) is 42.3 Å². The predicted molar refractivity (Wildman–Crippen MR) is 134 cm³/mol. The van der Waals surface area contributed by atoms with Crippen LogP contribution in [0.4, 0.5) is 17.2 Å². The number of nitriles is 1. The fourth-order valence-electron chi connectivity index (χ4n) is 3.68. The van der Waals surface area contributed by atoms with Crippen LogP contribution in [0.3, 0.4) is 0 Å². The number of carbonyl (C=O) groups excluding carboxylic acids is 1. The van der Waals surface area contributed by atoms with Gasteiger partial charge in [0, 0.05) is 29.3 Å². The lowest BCUT2D eigenvalue weighted by Crippen LogP contribution is -2.12. The Morgan fingerprint density at radius 1 is 1.11 bits per heavy atom. The number of methoxy groups -OCH3 is 2. The fourth-order valence-corrected chi connectivity index (χ4v) is 3.68. The molecule has 0 aliphatic heterocycles. The molecule has 0 unspecified atom stereocenters. The van der Waals surface area contributed by atoms with E-state index in [1.165, 1.54) is 0 Å². The van der Waals surface area contributed by atoms with E-state index in [4.69, 9.17) is 14.7 Å². The van der Waals surface area contributed by atoms with Crippen LogP contribution < -0.4 is 25.7 Å². The van der Waals surface area contributed by atoms with Crippen LogP contribution in [-0.4, -0.2) is 30.1 Å². The zero-order chi connectivity index (χ0) is 24.9. The van der Waals surface area contributed by atoms with Crippen LogP contribution in [-0.2, 0) is 4.79 Å². The molecular formula is C26H23N5O4. The summed E-state index contributed by atoms with van der Waals surface area (Å²) in [5.41, 5.74) is 3.48. The largest absolute Gasteiger partial charge is 0.497 e. The van der Waals surface area contributed by atoms with Crippen LogP contribution in [0.5, 0.6) is 11.5 Å². The van der Waals surface area contributed by atoms with Crippen LogP contribution in [0, 0.1) is 18.3 Å². The zero-order valence-electron chi connectivity index (χ0n) is 19.4. The lowest BCUT2D eigenvalue weighted by molar-refractivity contribution is -0.115. The minimum absolute atomic E-state index is 0.246. The monoisotopic (exact) mass is 469 g/mol. The molecule has 3 N–H and O–H groups in total. The van der Waals surface area contributed by atoms with Gasteiger partial charge < -0.3 is 25.1 Å². The van der Waals surface area contributed by atoms with Gasteiger partial charge in [0.05, 0.1) is 37.2 Å². The summed E-state index contributed by atoms with van der Waals surface area (Å²) in [7, 11) is 3.10. The third-order valence-electron chi connectivity index (χ3n) is 5.43. The first-order chi connectivity index (χ1) is 16.9. The number of hydrogen-bond donors (Lipinski definition) is 3. The van der Waals surface area contributed by atoms with Crippen LogP contribution in [0.25, 0.3) is 22.0 Å². The predicted octanol–water partition coefficient (Wildman–Crippen LogP) is 4.51. The molecular weight excluding hydrogens is 446 g/mol. The molecule has 2 heterocycles. The molecule has 0 fully saturated rings. The van der Waals surface area contributed by atoms with Crippen molar-refractivity contribution in [3.63, 3.8) is 0 Å². The Balaban J connectivity index is 1.70. The molecule has 0 atom stereocenters. The van der Waals surface area contributed by atoms with E-state index in [-0.39, 0.29) is 12.0 Å². The molecule has 1 amide bonds. The number of pyridine rings is 2. The number of ether oxygens (including phenoxy) is 2. The standard InChI is InChI=1S/C26H23N5O4/c1-15-5-4-6-21(29-24(32)7-8-27)25(15)31-23-13-22-17(14-28-23)11-20(26(33)30-22)16-9-18(34-2)12-19(10-16)35-3/h4-6,9-14H,7H2,1-3H3,(H,28,31)(H,29,32)(H,30,33). The molecule has 176 valence electrons. The molecule has 4 rings (SSSR count). The van der Waals surface area contributed by atoms with E-state index >= 15 is 0 Å². The number of fused-ring (bicyclic) bond motifs is 1. The van der Waals surface area contributed by atoms with Crippen molar-refractivity contribution in [1.82, 2.24) is 9.97 Å². The summed E-state index contributed by atoms with van der Waals surface area (Å²) in [6, 6.07) is 16.0. The molecule has 0 saturated heterocycles. The normalized spacial score (nSPS) is 10.5. The smallest absolute Gasteiger partial charge is 0.256 e. The summed E-state index contributed by atoms with van der Waals surface area (Å²) in [4.78, 5) is 32.3. The van der Waals surface area contributed by atoms with E-state index in [0.29, 0.717) is 45.3 Å². The van der Waals surface area contributed by atoms with Gasteiger partial charge in [0.2, 0.25) is 5.91 Å². The number of H-pyrrole nitrogens is 1. The first-order valence-electron chi connectivity index (χ1n) is 10.7. The highest BCUT2D eigenvalue weighted by molar-refractivity contribution is 5.96. The number of nitrogens with one attached hydrogen (secondary N) is 3. The molecule has 0 spiro atoms. The molecule has 2 aromatic heterocycles. The number of carbonyl (C=O) groups is 1. The topological polar surface area (TPSA) is 129 Å². The summed E-state index contributed by atoms with van der Waals surface area (Å²) in [5, 5.41) is 15.4. The maximum absolute atomic E-state index is 12.9. The zero-order valence-corrected chi connectivity index (χ0v) is 19.4. The first-order valence-corrected chi connectivity index (χ1v) is 10.7. The number of para-hydroxylation sites is 1. The highest BCUT2D eigenvalue weighted by atomic mass is 16.5. The molecule has 35 heavy (non-hydrogen) atoms. The first kappa shape index (κ1) is 23.3. The van der Waals surface area contributed by atoms with Crippen LogP contribution >= 0.6 is 0 Å². The molecule has 9 nitrogen and oxygen atoms in total. The van der Waals surface area contributed by atoms with Crippen molar-refractivity contribution in [2.45, 2.75) is 13.3 Å². The van der Waals surface area contributed by atoms with Crippen LogP contribution in [0.2, 0.25) is 0 Å². The Hall–Kier alpha value is -4.84. The van der Waals surface area contributed by atoms with Gasteiger partial charge >= 0.3 is 0 Å². The van der Waals surface area contributed by atoms with Crippen molar-refractivity contribution in [3.05, 3.63) is 70.6 Å². The Morgan fingerprint density at radius 3 is 2.54 bits per heavy atom. The Kier molecular flexibility index (Phi) is 6.64. The van der Waals surface area contributed by atoms with Gasteiger partial charge in [0.25, 0.3) is 5.56 Å². The summed E-state index contributed by atoms with van der Waals surface area (Å²) in [6.07, 6.45) is 1.41.